The maximum absolute atomic E-state index is 9.80. The molecule has 1 N–H and O–H groups in total. The van der Waals surface area contributed by atoms with Gasteiger partial charge < -0.3 is 9.84 Å². The van der Waals surface area contributed by atoms with Crippen molar-refractivity contribution in [3.8, 4) is 0 Å². The molecular weight excluding hydrogens is 256 g/mol. The molecule has 2 rings (SSSR count). The van der Waals surface area contributed by atoms with Crippen LogP contribution in [-0.2, 0) is 11.3 Å². The second-order valence-electron chi connectivity index (χ2n) is 4.28. The van der Waals surface area contributed by atoms with E-state index in [-0.39, 0.29) is 6.61 Å². The summed E-state index contributed by atoms with van der Waals surface area (Å²) in [5.74, 6) is 0.601. The summed E-state index contributed by atoms with van der Waals surface area (Å²) in [6, 6.07) is 9.89. The number of tetrazole rings is 1. The lowest BCUT2D eigenvalue weighted by atomic mass is 10.2. The standard InChI is InChI=1S/C14H18N4O2/c1-2-20-11-13(19)10-18-14(15-16-17-18)9-8-12-6-4-3-5-7-12/h3-9,13,19H,2,10-11H2,1H3/b9-8+. The SMILES string of the molecule is CCOCC(O)Cn1nnnc1/C=C/c1ccccc1. The van der Waals surface area contributed by atoms with Crippen LogP contribution < -0.4 is 0 Å². The van der Waals surface area contributed by atoms with Crippen LogP contribution in [0.4, 0.5) is 0 Å². The summed E-state index contributed by atoms with van der Waals surface area (Å²) in [5.41, 5.74) is 1.07. The van der Waals surface area contributed by atoms with Crippen molar-refractivity contribution in [1.29, 1.82) is 0 Å². The van der Waals surface area contributed by atoms with Crippen LogP contribution in [0.1, 0.15) is 18.3 Å². The molecule has 0 radical (unpaired) electrons. The van der Waals surface area contributed by atoms with Crippen LogP contribution in [0.5, 0.6) is 0 Å². The zero-order chi connectivity index (χ0) is 14.2. The predicted octanol–water partition coefficient (Wildman–Crippen LogP) is 1.24. The maximum atomic E-state index is 9.80. The summed E-state index contributed by atoms with van der Waals surface area (Å²) in [4.78, 5) is 0. The number of nitrogens with zero attached hydrogens (tertiary/aromatic N) is 4. The fourth-order valence-corrected chi connectivity index (χ4v) is 1.70. The first-order chi connectivity index (χ1) is 9.79. The third-order valence-corrected chi connectivity index (χ3v) is 2.68. The van der Waals surface area contributed by atoms with Gasteiger partial charge >= 0.3 is 0 Å². The Balaban J connectivity index is 2.00. The van der Waals surface area contributed by atoms with Crippen LogP contribution in [0.2, 0.25) is 0 Å². The van der Waals surface area contributed by atoms with Crippen LogP contribution in [0.3, 0.4) is 0 Å². The highest BCUT2D eigenvalue weighted by Crippen LogP contribution is 2.05. The molecule has 1 aromatic carbocycles. The second kappa shape index (κ2) is 7.52. The molecular formula is C14H18N4O2. The fraction of sp³-hybridized carbons (Fsp3) is 0.357. The summed E-state index contributed by atoms with van der Waals surface area (Å²) in [6.45, 7) is 3.05. The van der Waals surface area contributed by atoms with Gasteiger partial charge in [0.05, 0.1) is 19.3 Å². The number of aromatic nitrogens is 4. The van der Waals surface area contributed by atoms with Crippen molar-refractivity contribution < 1.29 is 9.84 Å². The molecule has 2 aromatic rings. The number of rotatable bonds is 7. The average molecular weight is 274 g/mol. The zero-order valence-corrected chi connectivity index (χ0v) is 11.4. The van der Waals surface area contributed by atoms with E-state index in [1.54, 1.807) is 4.68 Å². The van der Waals surface area contributed by atoms with E-state index < -0.39 is 6.10 Å². The molecule has 1 unspecified atom stereocenters. The number of hydrogen-bond acceptors (Lipinski definition) is 5. The molecule has 1 atom stereocenters. The van der Waals surface area contributed by atoms with Gasteiger partial charge in [-0.3, -0.25) is 0 Å². The van der Waals surface area contributed by atoms with Gasteiger partial charge in [-0.05, 0) is 29.0 Å². The Kier molecular flexibility index (Phi) is 5.40. The maximum Gasteiger partial charge on any atom is 0.174 e. The molecule has 6 heteroatoms. The van der Waals surface area contributed by atoms with Gasteiger partial charge in [0.25, 0.3) is 0 Å². The van der Waals surface area contributed by atoms with Crippen LogP contribution in [0.15, 0.2) is 30.3 Å². The van der Waals surface area contributed by atoms with Gasteiger partial charge in [-0.15, -0.1) is 5.10 Å². The lowest BCUT2D eigenvalue weighted by Crippen LogP contribution is -2.23. The minimum absolute atomic E-state index is 0.276. The van der Waals surface area contributed by atoms with Crippen LogP contribution >= 0.6 is 0 Å². The van der Waals surface area contributed by atoms with E-state index in [1.165, 1.54) is 0 Å². The molecule has 20 heavy (non-hydrogen) atoms. The fourth-order valence-electron chi connectivity index (χ4n) is 1.70. The normalized spacial score (nSPS) is 12.9. The smallest absolute Gasteiger partial charge is 0.174 e. The minimum Gasteiger partial charge on any atom is -0.389 e. The van der Waals surface area contributed by atoms with E-state index >= 15 is 0 Å². The van der Waals surface area contributed by atoms with Gasteiger partial charge in [0.2, 0.25) is 0 Å². The van der Waals surface area contributed by atoms with Crippen molar-refractivity contribution in [3.05, 3.63) is 41.7 Å². The zero-order valence-electron chi connectivity index (χ0n) is 11.4. The molecule has 1 heterocycles. The molecule has 6 nitrogen and oxygen atoms in total. The number of aliphatic hydroxyl groups excluding tert-OH is 1. The first-order valence-corrected chi connectivity index (χ1v) is 6.54. The predicted molar refractivity (Wildman–Crippen MR) is 75.7 cm³/mol. The third-order valence-electron chi connectivity index (χ3n) is 2.68. The third kappa shape index (κ3) is 4.25. The van der Waals surface area contributed by atoms with Crippen molar-refractivity contribution in [2.45, 2.75) is 19.6 Å². The first kappa shape index (κ1) is 14.4. The Bertz CT molecular complexity index is 539. The molecule has 0 amide bonds. The van der Waals surface area contributed by atoms with Crippen molar-refractivity contribution in [1.82, 2.24) is 20.2 Å². The van der Waals surface area contributed by atoms with Gasteiger partial charge in [-0.2, -0.15) is 0 Å². The van der Waals surface area contributed by atoms with Gasteiger partial charge in [0.15, 0.2) is 5.82 Å². The van der Waals surface area contributed by atoms with Crippen molar-refractivity contribution in [2.75, 3.05) is 13.2 Å². The number of hydrogen-bond donors (Lipinski definition) is 1. The van der Waals surface area contributed by atoms with Gasteiger partial charge in [-0.1, -0.05) is 36.4 Å². The van der Waals surface area contributed by atoms with E-state index in [1.807, 2.05) is 49.4 Å². The molecule has 0 saturated carbocycles. The Morgan fingerprint density at radius 2 is 2.10 bits per heavy atom. The minimum atomic E-state index is -0.623. The van der Waals surface area contributed by atoms with Crippen molar-refractivity contribution in [2.24, 2.45) is 0 Å². The molecule has 0 saturated heterocycles. The molecule has 1 aromatic heterocycles. The molecule has 106 valence electrons. The number of benzene rings is 1. The quantitative estimate of drug-likeness (QED) is 0.822. The number of ether oxygens (including phenoxy) is 1. The summed E-state index contributed by atoms with van der Waals surface area (Å²) in [5, 5.41) is 21.2. The highest BCUT2D eigenvalue weighted by molar-refractivity contribution is 5.66. The van der Waals surface area contributed by atoms with E-state index in [2.05, 4.69) is 15.5 Å². The van der Waals surface area contributed by atoms with Crippen LogP contribution in [-0.4, -0.2) is 44.6 Å². The highest BCUT2D eigenvalue weighted by atomic mass is 16.5. The molecule has 0 aliphatic carbocycles. The molecule has 0 spiro atoms. The van der Waals surface area contributed by atoms with E-state index in [4.69, 9.17) is 4.74 Å². The lowest BCUT2D eigenvalue weighted by molar-refractivity contribution is 0.0312. The monoisotopic (exact) mass is 274 g/mol. The van der Waals surface area contributed by atoms with Crippen LogP contribution in [0, 0.1) is 0 Å². The summed E-state index contributed by atoms with van der Waals surface area (Å²) >= 11 is 0. The molecule has 0 aliphatic heterocycles. The summed E-state index contributed by atoms with van der Waals surface area (Å²) in [6.07, 6.45) is 3.13. The Labute approximate surface area is 117 Å². The van der Waals surface area contributed by atoms with Crippen molar-refractivity contribution in [3.63, 3.8) is 0 Å². The van der Waals surface area contributed by atoms with Gasteiger partial charge in [0.1, 0.15) is 0 Å². The largest absolute Gasteiger partial charge is 0.389 e. The summed E-state index contributed by atoms with van der Waals surface area (Å²) in [7, 11) is 0. The Morgan fingerprint density at radius 3 is 2.85 bits per heavy atom. The second-order valence-corrected chi connectivity index (χ2v) is 4.28. The van der Waals surface area contributed by atoms with Gasteiger partial charge in [-0.25, -0.2) is 4.68 Å². The van der Waals surface area contributed by atoms with Gasteiger partial charge in [0, 0.05) is 6.61 Å². The average Bonchev–Trinajstić information content (AvgIpc) is 2.91. The molecule has 0 fully saturated rings. The molecule has 0 bridgehead atoms. The summed E-state index contributed by atoms with van der Waals surface area (Å²) < 4.78 is 6.72. The highest BCUT2D eigenvalue weighted by Gasteiger charge is 2.09. The van der Waals surface area contributed by atoms with Crippen LogP contribution in [0.25, 0.3) is 12.2 Å². The van der Waals surface area contributed by atoms with E-state index in [9.17, 15) is 5.11 Å². The first-order valence-electron chi connectivity index (χ1n) is 6.54. The van der Waals surface area contributed by atoms with Crippen molar-refractivity contribution >= 4 is 12.2 Å². The Morgan fingerprint density at radius 1 is 1.30 bits per heavy atom. The lowest BCUT2D eigenvalue weighted by Gasteiger charge is -2.10. The van der Waals surface area contributed by atoms with E-state index in [0.717, 1.165) is 5.56 Å². The Hall–Kier alpha value is -2.05. The topological polar surface area (TPSA) is 73.1 Å². The number of aliphatic hydroxyl groups is 1. The van der Waals surface area contributed by atoms with E-state index in [0.29, 0.717) is 19.0 Å². The molecule has 0 aliphatic rings.